The molecule has 1 saturated heterocycles. The SMILES string of the molecule is CCC(CC)(C(=O)CC1CCC1)N1CCCC1. The fourth-order valence-corrected chi connectivity index (χ4v) is 3.56. The molecule has 2 fully saturated rings. The molecule has 2 heteroatoms. The van der Waals surface area contributed by atoms with Gasteiger partial charge in [-0.3, -0.25) is 9.69 Å². The third kappa shape index (κ3) is 2.42. The molecule has 1 aliphatic carbocycles. The Morgan fingerprint density at radius 3 is 2.12 bits per heavy atom. The van der Waals surface area contributed by atoms with Crippen LogP contribution >= 0.6 is 0 Å². The second-order valence-electron chi connectivity index (χ2n) is 5.86. The first-order valence-corrected chi connectivity index (χ1v) is 7.51. The zero-order valence-corrected chi connectivity index (χ0v) is 11.5. The van der Waals surface area contributed by atoms with Gasteiger partial charge in [-0.15, -0.1) is 0 Å². The summed E-state index contributed by atoms with van der Waals surface area (Å²) in [6.45, 7) is 6.66. The minimum atomic E-state index is -0.119. The molecule has 1 heterocycles. The summed E-state index contributed by atoms with van der Waals surface area (Å²) < 4.78 is 0. The summed E-state index contributed by atoms with van der Waals surface area (Å²) in [5.41, 5.74) is -0.119. The number of carbonyl (C=O) groups is 1. The van der Waals surface area contributed by atoms with Crippen LogP contribution in [0.3, 0.4) is 0 Å². The normalized spacial score (nSPS) is 22.7. The van der Waals surface area contributed by atoms with Gasteiger partial charge in [-0.25, -0.2) is 0 Å². The highest BCUT2D eigenvalue weighted by molar-refractivity contribution is 5.88. The molecule has 0 unspecified atom stereocenters. The molecule has 0 aromatic carbocycles. The number of hydrogen-bond acceptors (Lipinski definition) is 2. The average Bonchev–Trinajstić information content (AvgIpc) is 2.80. The lowest BCUT2D eigenvalue weighted by Gasteiger charge is -2.41. The third-order valence-electron chi connectivity index (χ3n) is 5.10. The molecule has 0 aromatic heterocycles. The third-order valence-corrected chi connectivity index (χ3v) is 5.10. The molecule has 0 amide bonds. The van der Waals surface area contributed by atoms with Gasteiger partial charge in [0.25, 0.3) is 0 Å². The highest BCUT2D eigenvalue weighted by Crippen LogP contribution is 2.36. The van der Waals surface area contributed by atoms with Crippen molar-refractivity contribution in [3.8, 4) is 0 Å². The number of ketones is 1. The lowest BCUT2D eigenvalue weighted by Crippen LogP contribution is -2.53. The number of carbonyl (C=O) groups excluding carboxylic acids is 1. The maximum Gasteiger partial charge on any atom is 0.153 e. The molecule has 2 nitrogen and oxygen atoms in total. The van der Waals surface area contributed by atoms with Crippen LogP contribution in [0.2, 0.25) is 0 Å². The summed E-state index contributed by atoms with van der Waals surface area (Å²) >= 11 is 0. The number of hydrogen-bond donors (Lipinski definition) is 0. The first kappa shape index (κ1) is 13.1. The largest absolute Gasteiger partial charge is 0.298 e. The molecule has 0 radical (unpaired) electrons. The van der Waals surface area contributed by atoms with Crippen molar-refractivity contribution in [1.29, 1.82) is 0 Å². The van der Waals surface area contributed by atoms with E-state index in [4.69, 9.17) is 0 Å². The molecule has 2 aliphatic rings. The van der Waals surface area contributed by atoms with E-state index in [2.05, 4.69) is 18.7 Å². The molecule has 0 bridgehead atoms. The van der Waals surface area contributed by atoms with Crippen LogP contribution in [0.1, 0.15) is 65.2 Å². The van der Waals surface area contributed by atoms with Crippen LogP contribution in [0.15, 0.2) is 0 Å². The van der Waals surface area contributed by atoms with Crippen molar-refractivity contribution in [2.24, 2.45) is 5.92 Å². The van der Waals surface area contributed by atoms with Crippen molar-refractivity contribution in [1.82, 2.24) is 4.90 Å². The molecule has 98 valence electrons. The van der Waals surface area contributed by atoms with Crippen molar-refractivity contribution < 1.29 is 4.79 Å². The first-order valence-electron chi connectivity index (χ1n) is 7.51. The Kier molecular flexibility index (Phi) is 4.24. The van der Waals surface area contributed by atoms with Gasteiger partial charge < -0.3 is 0 Å². The van der Waals surface area contributed by atoms with Crippen LogP contribution in [0.4, 0.5) is 0 Å². The van der Waals surface area contributed by atoms with Gasteiger partial charge in [-0.05, 0) is 44.7 Å². The van der Waals surface area contributed by atoms with E-state index in [1.807, 2.05) is 0 Å². The van der Waals surface area contributed by atoms with Crippen molar-refractivity contribution in [3.05, 3.63) is 0 Å². The Bertz CT molecular complexity index is 260. The van der Waals surface area contributed by atoms with Crippen LogP contribution in [-0.4, -0.2) is 29.3 Å². The summed E-state index contributed by atoms with van der Waals surface area (Å²) in [4.78, 5) is 15.2. The van der Waals surface area contributed by atoms with E-state index >= 15 is 0 Å². The predicted molar refractivity (Wildman–Crippen MR) is 71.1 cm³/mol. The molecule has 0 spiro atoms. The van der Waals surface area contributed by atoms with Crippen molar-refractivity contribution >= 4 is 5.78 Å². The highest BCUT2D eigenvalue weighted by Gasteiger charge is 2.42. The molecular weight excluding hydrogens is 210 g/mol. The van der Waals surface area contributed by atoms with Gasteiger partial charge in [0, 0.05) is 6.42 Å². The second-order valence-corrected chi connectivity index (χ2v) is 5.86. The zero-order chi connectivity index (χ0) is 12.3. The molecule has 0 atom stereocenters. The minimum Gasteiger partial charge on any atom is -0.298 e. The van der Waals surface area contributed by atoms with E-state index in [0.717, 1.165) is 32.4 Å². The predicted octanol–water partition coefficient (Wildman–Crippen LogP) is 3.40. The van der Waals surface area contributed by atoms with Gasteiger partial charge in [0.2, 0.25) is 0 Å². The maximum atomic E-state index is 12.7. The molecule has 1 aliphatic heterocycles. The Hall–Kier alpha value is -0.370. The maximum absolute atomic E-state index is 12.7. The fraction of sp³-hybridized carbons (Fsp3) is 0.933. The van der Waals surface area contributed by atoms with Crippen molar-refractivity contribution in [2.45, 2.75) is 70.8 Å². The molecule has 17 heavy (non-hydrogen) atoms. The molecule has 0 N–H and O–H groups in total. The monoisotopic (exact) mass is 237 g/mol. The number of likely N-dealkylation sites (tertiary alicyclic amines) is 1. The molecule has 2 rings (SSSR count). The van der Waals surface area contributed by atoms with Crippen LogP contribution in [-0.2, 0) is 4.79 Å². The standard InChI is InChI=1S/C15H27NO/c1-3-15(4-2,16-10-5-6-11-16)14(17)12-13-8-7-9-13/h13H,3-12H2,1-2H3. The van der Waals surface area contributed by atoms with Crippen molar-refractivity contribution in [3.63, 3.8) is 0 Å². The smallest absolute Gasteiger partial charge is 0.153 e. The molecular formula is C15H27NO. The highest BCUT2D eigenvalue weighted by atomic mass is 16.1. The Balaban J connectivity index is 2.04. The van der Waals surface area contributed by atoms with E-state index in [0.29, 0.717) is 11.7 Å². The Morgan fingerprint density at radius 1 is 1.12 bits per heavy atom. The number of rotatable bonds is 6. The topological polar surface area (TPSA) is 20.3 Å². The summed E-state index contributed by atoms with van der Waals surface area (Å²) in [7, 11) is 0. The Morgan fingerprint density at radius 2 is 1.71 bits per heavy atom. The number of Topliss-reactive ketones (excluding diaryl/α,β-unsaturated/α-hetero) is 1. The van der Waals surface area contributed by atoms with Gasteiger partial charge in [0.15, 0.2) is 5.78 Å². The van der Waals surface area contributed by atoms with E-state index in [1.165, 1.54) is 32.1 Å². The summed E-state index contributed by atoms with van der Waals surface area (Å²) in [5.74, 6) is 1.25. The van der Waals surface area contributed by atoms with Gasteiger partial charge >= 0.3 is 0 Å². The fourth-order valence-electron chi connectivity index (χ4n) is 3.56. The van der Waals surface area contributed by atoms with Crippen LogP contribution in [0.25, 0.3) is 0 Å². The average molecular weight is 237 g/mol. The molecule has 1 saturated carbocycles. The summed E-state index contributed by atoms with van der Waals surface area (Å²) in [6, 6.07) is 0. The first-order chi connectivity index (χ1) is 8.23. The van der Waals surface area contributed by atoms with E-state index in [-0.39, 0.29) is 5.54 Å². The Labute approximate surface area is 106 Å². The molecule has 0 aromatic rings. The van der Waals surface area contributed by atoms with E-state index in [1.54, 1.807) is 0 Å². The minimum absolute atomic E-state index is 0.119. The van der Waals surface area contributed by atoms with Gasteiger partial charge in [-0.2, -0.15) is 0 Å². The van der Waals surface area contributed by atoms with Gasteiger partial charge in [-0.1, -0.05) is 33.1 Å². The van der Waals surface area contributed by atoms with Gasteiger partial charge in [0.05, 0.1) is 5.54 Å². The van der Waals surface area contributed by atoms with Crippen molar-refractivity contribution in [2.75, 3.05) is 13.1 Å². The summed E-state index contributed by atoms with van der Waals surface area (Å²) in [6.07, 6.45) is 9.30. The van der Waals surface area contributed by atoms with Crippen LogP contribution in [0.5, 0.6) is 0 Å². The quantitative estimate of drug-likeness (QED) is 0.705. The zero-order valence-electron chi connectivity index (χ0n) is 11.5. The second kappa shape index (κ2) is 5.51. The van der Waals surface area contributed by atoms with E-state index < -0.39 is 0 Å². The summed E-state index contributed by atoms with van der Waals surface area (Å²) in [5, 5.41) is 0. The van der Waals surface area contributed by atoms with Crippen LogP contribution < -0.4 is 0 Å². The van der Waals surface area contributed by atoms with Gasteiger partial charge in [0.1, 0.15) is 0 Å². The van der Waals surface area contributed by atoms with E-state index in [9.17, 15) is 4.79 Å². The lowest BCUT2D eigenvalue weighted by molar-refractivity contribution is -0.133. The van der Waals surface area contributed by atoms with Crippen LogP contribution in [0, 0.1) is 5.92 Å². The number of nitrogens with zero attached hydrogens (tertiary/aromatic N) is 1. The lowest BCUT2D eigenvalue weighted by atomic mass is 9.75.